The van der Waals surface area contributed by atoms with Gasteiger partial charge in [0.1, 0.15) is 0 Å². The van der Waals surface area contributed by atoms with E-state index in [4.69, 9.17) is 9.97 Å². The first-order valence-corrected chi connectivity index (χ1v) is 13.4. The van der Waals surface area contributed by atoms with Gasteiger partial charge < -0.3 is 9.80 Å². The SMILES string of the molecule is c1ccc(N2c3cccc4c3B3c5c2cccc5N(c2ncccn2)c2cccc(c23)N4c2ccncc2)cc1. The summed E-state index contributed by atoms with van der Waals surface area (Å²) in [5, 5.41) is 0. The summed E-state index contributed by atoms with van der Waals surface area (Å²) in [4.78, 5) is 20.8. The van der Waals surface area contributed by atoms with Gasteiger partial charge in [-0.25, -0.2) is 9.97 Å². The summed E-state index contributed by atoms with van der Waals surface area (Å²) in [6.07, 6.45) is 7.35. The second-order valence-electron chi connectivity index (χ2n) is 10.2. The van der Waals surface area contributed by atoms with Gasteiger partial charge in [-0.05, 0) is 83.1 Å². The van der Waals surface area contributed by atoms with Crippen LogP contribution in [0.25, 0.3) is 0 Å². The van der Waals surface area contributed by atoms with E-state index in [1.54, 1.807) is 0 Å². The average molecular weight is 512 g/mol. The van der Waals surface area contributed by atoms with Crippen LogP contribution in [0, 0.1) is 0 Å². The molecule has 186 valence electrons. The topological polar surface area (TPSA) is 48.4 Å². The molecule has 0 atom stereocenters. The first-order valence-electron chi connectivity index (χ1n) is 13.4. The highest BCUT2D eigenvalue weighted by Gasteiger charge is 2.49. The minimum atomic E-state index is 0.0709. The molecule has 0 unspecified atom stereocenters. The Morgan fingerprint density at radius 3 is 1.35 bits per heavy atom. The zero-order valence-corrected chi connectivity index (χ0v) is 21.4. The molecule has 0 spiro atoms. The van der Waals surface area contributed by atoms with E-state index < -0.39 is 0 Å². The third-order valence-corrected chi connectivity index (χ3v) is 8.18. The summed E-state index contributed by atoms with van der Waals surface area (Å²) < 4.78 is 0. The van der Waals surface area contributed by atoms with Gasteiger partial charge in [0.15, 0.2) is 0 Å². The molecule has 0 saturated carbocycles. The second-order valence-corrected chi connectivity index (χ2v) is 10.2. The number of hydrogen-bond acceptors (Lipinski definition) is 6. The second kappa shape index (κ2) is 8.04. The van der Waals surface area contributed by atoms with Crippen molar-refractivity contribution in [2.75, 3.05) is 14.7 Å². The van der Waals surface area contributed by atoms with Crippen LogP contribution in [0.15, 0.2) is 128 Å². The molecule has 6 aromatic rings. The van der Waals surface area contributed by atoms with Crippen LogP contribution in [0.4, 0.5) is 51.4 Å². The molecule has 7 heteroatoms. The van der Waals surface area contributed by atoms with Crippen LogP contribution >= 0.6 is 0 Å². The Morgan fingerprint density at radius 1 is 0.400 bits per heavy atom. The molecule has 6 nitrogen and oxygen atoms in total. The van der Waals surface area contributed by atoms with Gasteiger partial charge in [-0.15, -0.1) is 0 Å². The Kier molecular flexibility index (Phi) is 4.32. The Bertz CT molecular complexity index is 1640. The first-order chi connectivity index (χ1) is 19.9. The largest absolute Gasteiger partial charge is 0.311 e. The maximum absolute atomic E-state index is 4.72. The van der Waals surface area contributed by atoms with Crippen molar-refractivity contribution in [3.63, 3.8) is 0 Å². The predicted octanol–water partition coefficient (Wildman–Crippen LogP) is 5.74. The lowest BCUT2D eigenvalue weighted by Gasteiger charge is -2.48. The summed E-state index contributed by atoms with van der Waals surface area (Å²) in [6, 6.07) is 36.5. The first kappa shape index (κ1) is 21.5. The van der Waals surface area contributed by atoms with Crippen molar-refractivity contribution in [2.45, 2.75) is 0 Å². The Morgan fingerprint density at radius 2 is 0.850 bits per heavy atom. The molecule has 0 fully saturated rings. The van der Waals surface area contributed by atoms with E-state index in [9.17, 15) is 0 Å². The number of benzene rings is 4. The summed E-state index contributed by atoms with van der Waals surface area (Å²) in [7, 11) is 0. The molecule has 5 heterocycles. The Labute approximate surface area is 231 Å². The van der Waals surface area contributed by atoms with Gasteiger partial charge in [-0.1, -0.05) is 36.4 Å². The summed E-state index contributed by atoms with van der Waals surface area (Å²) in [6.45, 7) is 0.0709. The zero-order valence-electron chi connectivity index (χ0n) is 21.4. The third-order valence-electron chi connectivity index (χ3n) is 8.18. The lowest BCUT2D eigenvalue weighted by Crippen LogP contribution is -2.64. The smallest absolute Gasteiger partial charge is 0.257 e. The number of hydrogen-bond donors (Lipinski definition) is 0. The highest BCUT2D eigenvalue weighted by atomic mass is 15.3. The van der Waals surface area contributed by atoms with Gasteiger partial charge in [0.05, 0.1) is 0 Å². The normalized spacial score (nSPS) is 13.8. The molecule has 0 N–H and O–H groups in total. The number of nitrogens with zero attached hydrogens (tertiary/aromatic N) is 6. The molecule has 0 saturated heterocycles. The molecule has 0 radical (unpaired) electrons. The molecule has 40 heavy (non-hydrogen) atoms. The number of pyridine rings is 1. The van der Waals surface area contributed by atoms with Crippen molar-refractivity contribution < 1.29 is 0 Å². The highest BCUT2D eigenvalue weighted by Crippen LogP contribution is 2.48. The number of anilines is 9. The highest BCUT2D eigenvalue weighted by molar-refractivity contribution is 7.02. The Balaban J connectivity index is 1.44. The van der Waals surface area contributed by atoms with Crippen LogP contribution in [0.1, 0.15) is 0 Å². The lowest BCUT2D eigenvalue weighted by molar-refractivity contribution is 1.08. The monoisotopic (exact) mass is 512 g/mol. The van der Waals surface area contributed by atoms with E-state index in [1.807, 2.05) is 30.9 Å². The van der Waals surface area contributed by atoms with E-state index in [1.165, 1.54) is 33.5 Å². The van der Waals surface area contributed by atoms with Gasteiger partial charge in [0.2, 0.25) is 5.95 Å². The van der Waals surface area contributed by atoms with Crippen molar-refractivity contribution in [1.29, 1.82) is 0 Å². The van der Waals surface area contributed by atoms with Gasteiger partial charge in [-0.2, -0.15) is 0 Å². The van der Waals surface area contributed by atoms with Crippen molar-refractivity contribution in [2.24, 2.45) is 0 Å². The lowest BCUT2D eigenvalue weighted by atomic mass is 9.32. The van der Waals surface area contributed by atoms with Crippen LogP contribution in [0.5, 0.6) is 0 Å². The van der Waals surface area contributed by atoms with Gasteiger partial charge in [-0.3, -0.25) is 9.88 Å². The van der Waals surface area contributed by atoms with E-state index in [0.717, 1.165) is 28.4 Å². The minimum Gasteiger partial charge on any atom is -0.311 e. The van der Waals surface area contributed by atoms with E-state index in [-0.39, 0.29) is 6.71 Å². The third kappa shape index (κ3) is 2.75. The fourth-order valence-electron chi connectivity index (χ4n) is 6.75. The molecule has 0 aliphatic carbocycles. The molecule has 3 aliphatic heterocycles. The van der Waals surface area contributed by atoms with Crippen molar-refractivity contribution in [1.82, 2.24) is 15.0 Å². The Hall–Kier alpha value is -5.43. The van der Waals surface area contributed by atoms with Crippen molar-refractivity contribution >= 4 is 74.5 Å². The van der Waals surface area contributed by atoms with Gasteiger partial charge in [0, 0.05) is 70.3 Å². The van der Waals surface area contributed by atoms with Crippen LogP contribution < -0.4 is 31.1 Å². The fraction of sp³-hybridized carbons (Fsp3) is 0. The maximum atomic E-state index is 4.72. The molecule has 3 aliphatic rings. The zero-order chi connectivity index (χ0) is 26.2. The molecular weight excluding hydrogens is 491 g/mol. The summed E-state index contributed by atoms with van der Waals surface area (Å²) in [5.74, 6) is 0.661. The number of aromatic nitrogens is 3. The number of rotatable bonds is 3. The van der Waals surface area contributed by atoms with Crippen LogP contribution in [-0.4, -0.2) is 21.7 Å². The van der Waals surface area contributed by atoms with Gasteiger partial charge in [0.25, 0.3) is 6.71 Å². The van der Waals surface area contributed by atoms with Crippen LogP contribution in [-0.2, 0) is 0 Å². The van der Waals surface area contributed by atoms with Crippen molar-refractivity contribution in [3.8, 4) is 0 Å². The molecule has 4 aromatic carbocycles. The fourth-order valence-corrected chi connectivity index (χ4v) is 6.75. The van der Waals surface area contributed by atoms with Gasteiger partial charge >= 0.3 is 0 Å². The molecule has 9 rings (SSSR count). The molecular formula is C33H21BN6. The minimum absolute atomic E-state index is 0.0709. The molecule has 0 amide bonds. The number of para-hydroxylation sites is 1. The predicted molar refractivity (Wildman–Crippen MR) is 162 cm³/mol. The van der Waals surface area contributed by atoms with E-state index in [2.05, 4.69) is 117 Å². The summed E-state index contributed by atoms with van der Waals surface area (Å²) >= 11 is 0. The van der Waals surface area contributed by atoms with Crippen molar-refractivity contribution in [3.05, 3.63) is 128 Å². The molecule has 0 bridgehead atoms. The summed E-state index contributed by atoms with van der Waals surface area (Å²) in [5.41, 5.74) is 13.0. The van der Waals surface area contributed by atoms with Crippen LogP contribution in [0.2, 0.25) is 0 Å². The quantitative estimate of drug-likeness (QED) is 0.282. The van der Waals surface area contributed by atoms with E-state index >= 15 is 0 Å². The molecule has 2 aromatic heterocycles. The standard InChI is InChI=1S/C33H21BN6/c1-2-8-22(9-3-1)38-24-10-4-11-25-30(24)34-31-26(38)12-5-14-28(31)40(33-36-18-7-19-37-33)29-15-6-13-27(32(29)34)39(25)23-16-20-35-21-17-23/h1-21H. The van der Waals surface area contributed by atoms with E-state index in [0.29, 0.717) is 5.95 Å². The average Bonchev–Trinajstić information content (AvgIpc) is 3.03. The maximum Gasteiger partial charge on any atom is 0.257 e. The van der Waals surface area contributed by atoms with Crippen LogP contribution in [0.3, 0.4) is 0 Å².